The van der Waals surface area contributed by atoms with E-state index in [9.17, 15) is 0 Å². The van der Waals surface area contributed by atoms with Gasteiger partial charge < -0.3 is 0 Å². The van der Waals surface area contributed by atoms with E-state index in [0.29, 0.717) is 8.57 Å². The van der Waals surface area contributed by atoms with Crippen molar-refractivity contribution in [2.24, 2.45) is 0 Å². The molecule has 496 valence electrons. The summed E-state index contributed by atoms with van der Waals surface area (Å²) in [6.45, 7) is 124. The SMILES string of the molecule is CP(C)c1c(C([Si](C)(C)C)[Si](C)(C)C)cc(C([Si](C)(C)C)([Si](C)(C)C)[Si](C)(C)C)cc1C([Si](C)(C)C)[Si](C)(C)C.CP(C)c1c(C([Si](C)(C)C)[Si](C)(C)C)cc(C([Si](C)(C)C)([Si](C)(C)C)[Si](C)(C)C)cc1C([Si](C)(C)C)[Si](C)(C)C.O=[Se][Se].[Pt]. The number of hydrogen-bond donors (Lipinski definition) is 0. The fourth-order valence-corrected chi connectivity index (χ4v) is 137. The Morgan fingerprint density at radius 3 is 0.476 bits per heavy atom. The summed E-state index contributed by atoms with van der Waals surface area (Å²) >= 11 is 1.81. The van der Waals surface area contributed by atoms with Crippen molar-refractivity contribution in [2.45, 2.75) is 304 Å². The van der Waals surface area contributed by atoms with E-state index >= 15 is 0 Å². The predicted molar refractivity (Wildman–Crippen MR) is 443 cm³/mol. The van der Waals surface area contributed by atoms with E-state index in [-0.39, 0.29) is 36.9 Å². The van der Waals surface area contributed by atoms with Crippen LogP contribution in [0.2, 0.25) is 275 Å². The van der Waals surface area contributed by atoms with E-state index in [2.05, 4.69) is 340 Å². The van der Waals surface area contributed by atoms with E-state index in [1.807, 2.05) is 44.0 Å². The maximum absolute atomic E-state index is 8.94. The molecule has 0 atom stereocenters. The molecule has 0 N–H and O–H groups in total. The molecule has 0 spiro atoms. The summed E-state index contributed by atoms with van der Waals surface area (Å²) in [6, 6.07) is 11.8. The first-order chi connectivity index (χ1) is 35.7. The van der Waals surface area contributed by atoms with E-state index in [0.717, 1.165) is 20.7 Å². The molecular formula is C64H146OP2PtSe2Si14. The molecule has 1 nitrogen and oxygen atoms in total. The van der Waals surface area contributed by atoms with Gasteiger partial charge in [-0.3, -0.25) is 0 Å². The quantitative estimate of drug-likeness (QED) is 0.0848. The Balaban J connectivity index is 0. The molecule has 0 aliphatic carbocycles. The van der Waals surface area contributed by atoms with Crippen LogP contribution in [-0.2, 0) is 33.5 Å². The van der Waals surface area contributed by atoms with Gasteiger partial charge in [0.15, 0.2) is 0 Å². The molecule has 84 heavy (non-hydrogen) atoms. The molecular weight excluding hydrogens is 1590 g/mol. The summed E-state index contributed by atoms with van der Waals surface area (Å²) in [5.41, 5.74) is 11.1. The maximum Gasteiger partial charge on any atom is 0 e. The Morgan fingerprint density at radius 2 is 0.405 bits per heavy atom. The molecule has 2 aromatic carbocycles. The summed E-state index contributed by atoms with van der Waals surface area (Å²) in [5.74, 6) is 0. The largest absolute Gasteiger partial charge is 0 e. The normalized spacial score (nSPS) is 15.0. The van der Waals surface area contributed by atoms with Crippen LogP contribution in [0.3, 0.4) is 0 Å². The van der Waals surface area contributed by atoms with E-state index in [1.165, 1.54) is 0 Å². The van der Waals surface area contributed by atoms with Gasteiger partial charge in [0.05, 0.1) is 0 Å². The Hall–Kier alpha value is 3.86. The Labute approximate surface area is 573 Å². The van der Waals surface area contributed by atoms with Crippen LogP contribution in [0.1, 0.15) is 54.0 Å². The van der Waals surface area contributed by atoms with Crippen molar-refractivity contribution in [2.75, 3.05) is 26.7 Å². The van der Waals surface area contributed by atoms with Crippen LogP contribution in [-0.4, -0.2) is 167 Å². The van der Waals surface area contributed by atoms with Gasteiger partial charge in [0.2, 0.25) is 0 Å². The monoisotopic (exact) mass is 1740 g/mol. The average molecular weight is 1740 g/mol. The third kappa shape index (κ3) is 20.5. The molecule has 0 heterocycles. The molecule has 0 aliphatic rings. The van der Waals surface area contributed by atoms with Gasteiger partial charge in [0.25, 0.3) is 0 Å². The van der Waals surface area contributed by atoms with Gasteiger partial charge in [-0.2, -0.15) is 0 Å². The van der Waals surface area contributed by atoms with Gasteiger partial charge >= 0.3 is 31.1 Å². The first-order valence-corrected chi connectivity index (χ1v) is 91.5. The van der Waals surface area contributed by atoms with Gasteiger partial charge in [-0.15, -0.1) is 0 Å². The Kier molecular flexibility index (Phi) is 31.8. The van der Waals surface area contributed by atoms with Crippen LogP contribution in [0.25, 0.3) is 0 Å². The van der Waals surface area contributed by atoms with Gasteiger partial charge in [0.1, 0.15) is 0 Å². The smallest absolute Gasteiger partial charge is 0 e. The molecule has 0 aliphatic heterocycles. The second-order valence-electron chi connectivity index (χ2n) is 41.5. The van der Waals surface area contributed by atoms with Crippen molar-refractivity contribution in [3.05, 3.63) is 57.6 Å². The minimum atomic E-state index is -1.62. The summed E-state index contributed by atoms with van der Waals surface area (Å²) < 4.78 is 9.78. The third-order valence-electron chi connectivity index (χ3n) is 19.0. The molecule has 0 saturated carbocycles. The summed E-state index contributed by atoms with van der Waals surface area (Å²) in [5, 5.41) is 6.91. The molecule has 0 bridgehead atoms. The van der Waals surface area contributed by atoms with E-state index in [1.54, 1.807) is 0 Å². The summed E-state index contributed by atoms with van der Waals surface area (Å²) in [7, 11) is -22.0. The van der Waals surface area contributed by atoms with Crippen molar-refractivity contribution >= 4 is 167 Å². The zero-order chi connectivity index (χ0) is 67.6. The van der Waals surface area contributed by atoms with Crippen LogP contribution in [0.4, 0.5) is 0 Å². The molecule has 0 amide bonds. The second-order valence-corrected chi connectivity index (χ2v) is 127. The van der Waals surface area contributed by atoms with Crippen LogP contribution < -0.4 is 10.6 Å². The van der Waals surface area contributed by atoms with Crippen LogP contribution >= 0.6 is 15.8 Å². The predicted octanol–water partition coefficient (Wildman–Crippen LogP) is 22.3. The van der Waals surface area contributed by atoms with Gasteiger partial charge in [-0.1, -0.05) is 315 Å². The Bertz CT molecular complexity index is 2070. The molecule has 0 saturated heterocycles. The van der Waals surface area contributed by atoms with Crippen molar-refractivity contribution in [1.82, 2.24) is 0 Å². The number of hydrogen-bond acceptors (Lipinski definition) is 1. The molecule has 0 unspecified atom stereocenters. The minimum Gasteiger partial charge on any atom is 0 e. The van der Waals surface area contributed by atoms with E-state index < -0.39 is 126 Å². The minimum absolute atomic E-state index is 0. The molecule has 20 heteroatoms. The van der Waals surface area contributed by atoms with Crippen LogP contribution in [0, 0.1) is 0 Å². The number of rotatable bonds is 22. The molecule has 0 fully saturated rings. The topological polar surface area (TPSA) is 17.1 Å². The second kappa shape index (κ2) is 29.7. The van der Waals surface area contributed by atoms with Gasteiger partial charge in [0, 0.05) is 134 Å². The standard InChI is InChI=1S/2C32H73PSi7.OSe2.Pt/c2*1-33(2)29-27(30(34(3,4)5)35(6,7)8)24-26(25-28(29)31(36(9,10)11)37(12,13)14)32(38(15,16)17,39(18,19)20)40(21,22)23;1-3-2;/h2*24-25,30-31H,1-23H3;;. The maximum atomic E-state index is 8.94. The van der Waals surface area contributed by atoms with Gasteiger partial charge in [-0.25, -0.2) is 0 Å². The molecule has 0 aromatic heterocycles. The zero-order valence-electron chi connectivity index (χ0n) is 65.1. The fraction of sp³-hybridized carbons (Fsp3) is 0.812. The summed E-state index contributed by atoms with van der Waals surface area (Å²) in [4.78, 5) is 0. The van der Waals surface area contributed by atoms with Crippen molar-refractivity contribution < 1.29 is 24.9 Å². The van der Waals surface area contributed by atoms with Crippen LogP contribution in [0.15, 0.2) is 24.3 Å². The summed E-state index contributed by atoms with van der Waals surface area (Å²) in [6.07, 6.45) is 0. The van der Waals surface area contributed by atoms with Crippen molar-refractivity contribution in [1.29, 1.82) is 0 Å². The molecule has 2 radical (unpaired) electrons. The van der Waals surface area contributed by atoms with Crippen molar-refractivity contribution in [3.63, 3.8) is 0 Å². The third-order valence-corrected chi connectivity index (χ3v) is 101. The van der Waals surface area contributed by atoms with Crippen molar-refractivity contribution in [3.8, 4) is 0 Å². The van der Waals surface area contributed by atoms with Crippen LogP contribution in [0.5, 0.6) is 0 Å². The first-order valence-electron chi connectivity index (χ1n) is 32.3. The number of benzene rings is 2. The molecule has 2 rings (SSSR count). The Morgan fingerprint density at radius 1 is 0.298 bits per heavy atom. The zero-order valence-corrected chi connectivity index (χ0v) is 86.5. The fourth-order valence-electron chi connectivity index (χ4n) is 22.0. The van der Waals surface area contributed by atoms with E-state index in [4.69, 9.17) is 3.83 Å². The van der Waals surface area contributed by atoms with Gasteiger partial charge in [-0.05, 0) is 99.9 Å². The first kappa shape index (κ1) is 89.9. The average Bonchev–Trinajstić information content (AvgIpc) is 3.06. The molecule has 2 aromatic rings.